The average molecular weight is 468 g/mol. The van der Waals surface area contributed by atoms with Gasteiger partial charge in [-0.15, -0.1) is 0 Å². The fourth-order valence-corrected chi connectivity index (χ4v) is 4.46. The van der Waals surface area contributed by atoms with Crippen LogP contribution in [0.15, 0.2) is 54.6 Å². The van der Waals surface area contributed by atoms with Gasteiger partial charge in [0, 0.05) is 28.2 Å². The molecule has 3 aromatic rings. The van der Waals surface area contributed by atoms with Gasteiger partial charge in [0.25, 0.3) is 5.91 Å². The van der Waals surface area contributed by atoms with E-state index >= 15 is 0 Å². The molecule has 4 rings (SSSR count). The number of hydrogen-bond donors (Lipinski definition) is 2. The molecule has 1 aliphatic heterocycles. The van der Waals surface area contributed by atoms with Gasteiger partial charge in [-0.1, -0.05) is 62.7 Å². The highest BCUT2D eigenvalue weighted by Crippen LogP contribution is 2.43. The van der Waals surface area contributed by atoms with Gasteiger partial charge < -0.3 is 19.8 Å². The van der Waals surface area contributed by atoms with Crippen molar-refractivity contribution in [1.82, 2.24) is 0 Å². The molecule has 0 spiro atoms. The Morgan fingerprint density at radius 3 is 2.42 bits per heavy atom. The monoisotopic (exact) mass is 467 g/mol. The van der Waals surface area contributed by atoms with Gasteiger partial charge in [0.1, 0.15) is 18.0 Å². The number of nitrogens with zero attached hydrogens (tertiary/aromatic N) is 1. The molecule has 0 aliphatic carbocycles. The Labute approximate surface area is 197 Å². The number of aliphatic carboxylic acids is 1. The predicted octanol–water partition coefficient (Wildman–Crippen LogP) is 5.54. The second-order valence-electron chi connectivity index (χ2n) is 9.51. The Bertz CT molecular complexity index is 1230. The second-order valence-corrected chi connectivity index (χ2v) is 9.95. The number of carboxylic acid groups (broad SMARTS) is 1. The number of aromatic hydroxyl groups is 1. The fraction of sp³-hybridized carbons (Fsp3) is 0.308. The van der Waals surface area contributed by atoms with Crippen LogP contribution < -0.4 is 4.90 Å². The quantitative estimate of drug-likeness (QED) is 0.526. The van der Waals surface area contributed by atoms with E-state index in [0.29, 0.717) is 33.8 Å². The minimum absolute atomic E-state index is 0.127. The van der Waals surface area contributed by atoms with Crippen LogP contribution in [0.3, 0.4) is 0 Å². The second kappa shape index (κ2) is 8.69. The first-order valence-electron chi connectivity index (χ1n) is 10.7. The van der Waals surface area contributed by atoms with E-state index in [1.165, 1.54) is 0 Å². The summed E-state index contributed by atoms with van der Waals surface area (Å²) in [6.45, 7) is 6.42. The number of carboxylic acids is 1. The van der Waals surface area contributed by atoms with E-state index in [1.807, 2.05) is 39.0 Å². The van der Waals surface area contributed by atoms with Gasteiger partial charge in [-0.05, 0) is 40.6 Å². The normalized spacial score (nSPS) is 18.8. The molecule has 3 aromatic carbocycles. The SMILES string of the molecule is CC(C)(C)CN1C(=O)C(CC(=O)O)OC(c2ccc(O)c3ccccc23)c2cc(Cl)ccc21. The third-order valence-corrected chi connectivity index (χ3v) is 5.85. The number of halogens is 1. The zero-order valence-corrected chi connectivity index (χ0v) is 19.5. The topological polar surface area (TPSA) is 87.1 Å². The van der Waals surface area contributed by atoms with E-state index in [9.17, 15) is 19.8 Å². The smallest absolute Gasteiger partial charge is 0.306 e. The molecule has 0 saturated carbocycles. The van der Waals surface area contributed by atoms with Crippen molar-refractivity contribution in [3.05, 3.63) is 70.7 Å². The molecule has 1 amide bonds. The van der Waals surface area contributed by atoms with Crippen LogP contribution in [0.25, 0.3) is 10.8 Å². The fourth-order valence-electron chi connectivity index (χ4n) is 4.28. The number of hydrogen-bond acceptors (Lipinski definition) is 4. The van der Waals surface area contributed by atoms with Crippen molar-refractivity contribution < 1.29 is 24.5 Å². The van der Waals surface area contributed by atoms with Gasteiger partial charge in [0.2, 0.25) is 0 Å². The number of anilines is 1. The first-order chi connectivity index (χ1) is 15.5. The summed E-state index contributed by atoms with van der Waals surface area (Å²) in [5, 5.41) is 21.7. The molecule has 2 atom stereocenters. The van der Waals surface area contributed by atoms with E-state index in [-0.39, 0.29) is 11.2 Å². The largest absolute Gasteiger partial charge is 0.507 e. The first-order valence-corrected chi connectivity index (χ1v) is 11.1. The van der Waals surface area contributed by atoms with E-state index in [4.69, 9.17) is 16.3 Å². The van der Waals surface area contributed by atoms with Gasteiger partial charge in [0.15, 0.2) is 0 Å². The van der Waals surface area contributed by atoms with E-state index in [2.05, 4.69) is 0 Å². The maximum absolute atomic E-state index is 13.6. The Balaban J connectivity index is 1.97. The third-order valence-electron chi connectivity index (χ3n) is 5.61. The van der Waals surface area contributed by atoms with Gasteiger partial charge in [-0.25, -0.2) is 0 Å². The number of rotatable bonds is 4. The molecule has 1 heterocycles. The van der Waals surface area contributed by atoms with E-state index < -0.39 is 30.5 Å². The van der Waals surface area contributed by atoms with Crippen LogP contribution in [0.5, 0.6) is 5.75 Å². The Hall–Kier alpha value is -3.09. The molecule has 7 heteroatoms. The van der Waals surface area contributed by atoms with Crippen molar-refractivity contribution >= 4 is 39.9 Å². The average Bonchev–Trinajstić information content (AvgIpc) is 2.83. The molecular formula is C26H26ClNO5. The highest BCUT2D eigenvalue weighted by Gasteiger charge is 2.39. The van der Waals surface area contributed by atoms with Gasteiger partial charge in [-0.2, -0.15) is 0 Å². The van der Waals surface area contributed by atoms with Crippen molar-refractivity contribution in [1.29, 1.82) is 0 Å². The summed E-state index contributed by atoms with van der Waals surface area (Å²) in [7, 11) is 0. The van der Waals surface area contributed by atoms with Crippen LogP contribution in [-0.2, 0) is 14.3 Å². The molecule has 1 aliphatic rings. The van der Waals surface area contributed by atoms with Gasteiger partial charge >= 0.3 is 5.97 Å². The molecule has 2 N–H and O–H groups in total. The van der Waals surface area contributed by atoms with Gasteiger partial charge in [0.05, 0.1) is 6.42 Å². The van der Waals surface area contributed by atoms with Crippen LogP contribution in [-0.4, -0.2) is 34.7 Å². The molecule has 0 bridgehead atoms. The molecular weight excluding hydrogens is 442 g/mol. The number of fused-ring (bicyclic) bond motifs is 2. The summed E-state index contributed by atoms with van der Waals surface area (Å²) in [4.78, 5) is 26.8. The summed E-state index contributed by atoms with van der Waals surface area (Å²) in [6, 6.07) is 15.9. The summed E-state index contributed by atoms with van der Waals surface area (Å²) in [5.74, 6) is -1.40. The lowest BCUT2D eigenvalue weighted by molar-refractivity contribution is -0.147. The number of phenols is 1. The Morgan fingerprint density at radius 2 is 1.76 bits per heavy atom. The zero-order chi connectivity index (χ0) is 23.9. The van der Waals surface area contributed by atoms with Crippen molar-refractivity contribution in [2.24, 2.45) is 5.41 Å². The van der Waals surface area contributed by atoms with Crippen LogP contribution in [0.4, 0.5) is 5.69 Å². The van der Waals surface area contributed by atoms with Crippen LogP contribution in [0, 0.1) is 5.41 Å². The molecule has 33 heavy (non-hydrogen) atoms. The van der Waals surface area contributed by atoms with Crippen LogP contribution in [0.2, 0.25) is 5.02 Å². The lowest BCUT2D eigenvalue weighted by Gasteiger charge is -2.31. The summed E-state index contributed by atoms with van der Waals surface area (Å²) >= 11 is 6.37. The van der Waals surface area contributed by atoms with Crippen LogP contribution in [0.1, 0.15) is 44.4 Å². The van der Waals surface area contributed by atoms with E-state index in [1.54, 1.807) is 41.3 Å². The van der Waals surface area contributed by atoms with Crippen molar-refractivity contribution in [3.63, 3.8) is 0 Å². The van der Waals surface area contributed by atoms with Crippen molar-refractivity contribution in [3.8, 4) is 5.75 Å². The van der Waals surface area contributed by atoms with Crippen molar-refractivity contribution in [2.45, 2.75) is 39.4 Å². The number of carbonyl (C=O) groups excluding carboxylic acids is 1. The lowest BCUT2D eigenvalue weighted by atomic mass is 9.92. The number of ether oxygens (including phenoxy) is 1. The summed E-state index contributed by atoms with van der Waals surface area (Å²) < 4.78 is 6.28. The van der Waals surface area contributed by atoms with Crippen LogP contribution >= 0.6 is 11.6 Å². The highest BCUT2D eigenvalue weighted by molar-refractivity contribution is 6.30. The number of phenolic OH excluding ortho intramolecular Hbond substituents is 1. The highest BCUT2D eigenvalue weighted by atomic mass is 35.5. The lowest BCUT2D eigenvalue weighted by Crippen LogP contribution is -2.44. The minimum Gasteiger partial charge on any atom is -0.507 e. The molecule has 0 saturated heterocycles. The first kappa shape index (κ1) is 23.1. The predicted molar refractivity (Wildman–Crippen MR) is 128 cm³/mol. The Kier molecular flexibility index (Phi) is 6.08. The molecule has 172 valence electrons. The zero-order valence-electron chi connectivity index (χ0n) is 18.7. The number of amides is 1. The molecule has 6 nitrogen and oxygen atoms in total. The summed E-state index contributed by atoms with van der Waals surface area (Å²) in [6.07, 6.45) is -2.41. The molecule has 0 radical (unpaired) electrons. The number of benzene rings is 3. The molecule has 2 unspecified atom stereocenters. The number of carbonyl (C=O) groups is 2. The van der Waals surface area contributed by atoms with Gasteiger partial charge in [-0.3, -0.25) is 9.59 Å². The maximum atomic E-state index is 13.6. The molecule has 0 aromatic heterocycles. The van der Waals surface area contributed by atoms with E-state index in [0.717, 1.165) is 5.39 Å². The standard InChI is InChI=1S/C26H26ClNO5/c1-26(2,3)14-28-20-10-8-15(27)12-19(20)24(33-22(25(28)32)13-23(30)31)18-9-11-21(29)17-7-5-4-6-16(17)18/h4-12,22,24,29H,13-14H2,1-3H3,(H,30,31). The minimum atomic E-state index is -1.19. The summed E-state index contributed by atoms with van der Waals surface area (Å²) in [5.41, 5.74) is 1.77. The van der Waals surface area contributed by atoms with Crippen molar-refractivity contribution in [2.75, 3.05) is 11.4 Å². The molecule has 0 fully saturated rings. The maximum Gasteiger partial charge on any atom is 0.306 e. The Morgan fingerprint density at radius 1 is 1.06 bits per heavy atom. The third kappa shape index (κ3) is 4.68.